The Morgan fingerprint density at radius 1 is 1.55 bits per heavy atom. The van der Waals surface area contributed by atoms with Gasteiger partial charge in [0.1, 0.15) is 0 Å². The second-order valence-corrected chi connectivity index (χ2v) is 5.00. The lowest BCUT2D eigenvalue weighted by molar-refractivity contribution is -0.141. The molecule has 1 atom stereocenters. The highest BCUT2D eigenvalue weighted by molar-refractivity contribution is 5.76. The fraction of sp³-hybridized carbons (Fsp3) is 0.714. The molecular formula is C14H24N2O4. The topological polar surface area (TPSA) is 78.9 Å². The molecule has 1 unspecified atom stereocenters. The van der Waals surface area contributed by atoms with Crippen molar-refractivity contribution in [1.29, 1.82) is 0 Å². The molecule has 0 spiro atoms. The number of carboxylic acid groups (broad SMARTS) is 1. The number of methoxy groups -OCH3 is 1. The Labute approximate surface area is 119 Å². The zero-order chi connectivity index (χ0) is 15.0. The molecule has 0 aromatic heterocycles. The summed E-state index contributed by atoms with van der Waals surface area (Å²) in [6.07, 6.45) is 4.17. The molecule has 1 aliphatic heterocycles. The van der Waals surface area contributed by atoms with Gasteiger partial charge in [-0.3, -0.25) is 4.79 Å². The number of hydrogen-bond acceptors (Lipinski definition) is 3. The van der Waals surface area contributed by atoms with Crippen LogP contribution in [0, 0.1) is 5.92 Å². The smallest absolute Gasteiger partial charge is 0.317 e. The Balaban J connectivity index is 2.38. The highest BCUT2D eigenvalue weighted by Crippen LogP contribution is 2.11. The third-order valence-corrected chi connectivity index (χ3v) is 3.41. The first-order chi connectivity index (χ1) is 9.58. The molecule has 0 bridgehead atoms. The highest BCUT2D eigenvalue weighted by atomic mass is 16.5. The van der Waals surface area contributed by atoms with Crippen molar-refractivity contribution in [3.8, 4) is 0 Å². The van der Waals surface area contributed by atoms with E-state index in [1.54, 1.807) is 12.0 Å². The maximum Gasteiger partial charge on any atom is 0.317 e. The Morgan fingerprint density at radius 2 is 2.30 bits per heavy atom. The van der Waals surface area contributed by atoms with Crippen molar-refractivity contribution >= 4 is 12.0 Å². The van der Waals surface area contributed by atoms with Crippen LogP contribution in [0.3, 0.4) is 0 Å². The molecule has 0 aliphatic carbocycles. The molecule has 0 radical (unpaired) electrons. The molecule has 0 aromatic rings. The van der Waals surface area contributed by atoms with Crippen molar-refractivity contribution < 1.29 is 19.4 Å². The number of nitrogens with zero attached hydrogens (tertiary/aromatic N) is 1. The number of carbonyl (C=O) groups is 2. The van der Waals surface area contributed by atoms with Crippen molar-refractivity contribution in [2.24, 2.45) is 5.92 Å². The van der Waals surface area contributed by atoms with Gasteiger partial charge in [0.25, 0.3) is 0 Å². The van der Waals surface area contributed by atoms with Crippen LogP contribution in [0.2, 0.25) is 0 Å². The fourth-order valence-electron chi connectivity index (χ4n) is 2.20. The van der Waals surface area contributed by atoms with E-state index in [0.717, 1.165) is 12.8 Å². The van der Waals surface area contributed by atoms with Crippen LogP contribution in [0.15, 0.2) is 11.6 Å². The van der Waals surface area contributed by atoms with Crippen LogP contribution in [-0.2, 0) is 9.53 Å². The lowest BCUT2D eigenvalue weighted by Crippen LogP contribution is -2.44. The van der Waals surface area contributed by atoms with Crippen molar-refractivity contribution in [1.82, 2.24) is 10.2 Å². The summed E-state index contributed by atoms with van der Waals surface area (Å²) < 4.78 is 5.06. The zero-order valence-electron chi connectivity index (χ0n) is 12.2. The minimum atomic E-state index is -0.854. The molecule has 1 rings (SSSR count). The molecule has 2 N–H and O–H groups in total. The van der Waals surface area contributed by atoms with E-state index in [-0.39, 0.29) is 12.6 Å². The molecule has 0 saturated heterocycles. The molecule has 20 heavy (non-hydrogen) atoms. The number of amides is 2. The average Bonchev–Trinajstić information content (AvgIpc) is 2.44. The monoisotopic (exact) mass is 284 g/mol. The van der Waals surface area contributed by atoms with Crippen LogP contribution in [-0.4, -0.2) is 55.4 Å². The van der Waals surface area contributed by atoms with Crippen molar-refractivity contribution in [3.05, 3.63) is 11.6 Å². The van der Waals surface area contributed by atoms with Crippen LogP contribution in [0.4, 0.5) is 4.79 Å². The maximum absolute atomic E-state index is 12.0. The number of rotatable bonds is 7. The van der Waals surface area contributed by atoms with Gasteiger partial charge < -0.3 is 20.1 Å². The Kier molecular flexibility index (Phi) is 7.08. The van der Waals surface area contributed by atoms with Crippen LogP contribution in [0.25, 0.3) is 0 Å². The molecule has 0 saturated carbocycles. The van der Waals surface area contributed by atoms with Gasteiger partial charge in [0.15, 0.2) is 0 Å². The summed E-state index contributed by atoms with van der Waals surface area (Å²) in [5.41, 5.74) is 1.20. The summed E-state index contributed by atoms with van der Waals surface area (Å²) in [5, 5.41) is 11.7. The summed E-state index contributed by atoms with van der Waals surface area (Å²) in [6.45, 7) is 3.92. The van der Waals surface area contributed by atoms with E-state index in [0.29, 0.717) is 26.1 Å². The molecule has 0 aromatic carbocycles. The number of carbonyl (C=O) groups excluding carboxylic acids is 1. The molecule has 2 amide bonds. The number of urea groups is 1. The summed E-state index contributed by atoms with van der Waals surface area (Å²) in [6, 6.07) is -0.194. The highest BCUT2D eigenvalue weighted by Gasteiger charge is 2.20. The van der Waals surface area contributed by atoms with Gasteiger partial charge in [0, 0.05) is 26.7 Å². The van der Waals surface area contributed by atoms with Gasteiger partial charge in [-0.2, -0.15) is 0 Å². The largest absolute Gasteiger partial charge is 0.481 e. The minimum absolute atomic E-state index is 0.188. The number of carboxylic acids is 1. The average molecular weight is 284 g/mol. The van der Waals surface area contributed by atoms with Gasteiger partial charge in [-0.05, 0) is 18.4 Å². The zero-order valence-corrected chi connectivity index (χ0v) is 12.2. The van der Waals surface area contributed by atoms with Gasteiger partial charge >= 0.3 is 12.0 Å². The second kappa shape index (κ2) is 8.58. The van der Waals surface area contributed by atoms with Gasteiger partial charge in [-0.25, -0.2) is 4.79 Å². The van der Waals surface area contributed by atoms with E-state index in [2.05, 4.69) is 5.32 Å². The standard InChI is InChI=1S/C14H24N2O4/c1-3-4-12(13(17)18)9-15-14(19)16-7-5-11(6-8-16)10-20-2/h5,12H,3-4,6-10H2,1-2H3,(H,15,19)(H,17,18). The van der Waals surface area contributed by atoms with E-state index in [1.807, 2.05) is 13.0 Å². The predicted molar refractivity (Wildman–Crippen MR) is 75.6 cm³/mol. The van der Waals surface area contributed by atoms with Crippen molar-refractivity contribution in [2.75, 3.05) is 33.4 Å². The lowest BCUT2D eigenvalue weighted by atomic mass is 10.0. The molecule has 1 aliphatic rings. The number of ether oxygens (including phenoxy) is 1. The first-order valence-corrected chi connectivity index (χ1v) is 7.00. The third kappa shape index (κ3) is 5.21. The Bertz CT molecular complexity index is 368. The quantitative estimate of drug-likeness (QED) is 0.694. The summed E-state index contributed by atoms with van der Waals surface area (Å²) in [7, 11) is 1.65. The van der Waals surface area contributed by atoms with E-state index in [9.17, 15) is 9.59 Å². The van der Waals surface area contributed by atoms with Crippen LogP contribution >= 0.6 is 0 Å². The van der Waals surface area contributed by atoms with Crippen LogP contribution < -0.4 is 5.32 Å². The fourth-order valence-corrected chi connectivity index (χ4v) is 2.20. The van der Waals surface area contributed by atoms with E-state index in [4.69, 9.17) is 9.84 Å². The first kappa shape index (κ1) is 16.5. The SMILES string of the molecule is CCCC(CNC(=O)N1CC=C(COC)CC1)C(=O)O. The van der Waals surface area contributed by atoms with E-state index >= 15 is 0 Å². The molecule has 6 nitrogen and oxygen atoms in total. The molecule has 6 heteroatoms. The van der Waals surface area contributed by atoms with E-state index < -0.39 is 11.9 Å². The van der Waals surface area contributed by atoms with Crippen LogP contribution in [0.5, 0.6) is 0 Å². The van der Waals surface area contributed by atoms with E-state index in [1.165, 1.54) is 5.57 Å². The summed E-state index contributed by atoms with van der Waals surface area (Å²) in [5.74, 6) is -1.36. The normalized spacial score (nSPS) is 16.5. The minimum Gasteiger partial charge on any atom is -0.481 e. The van der Waals surface area contributed by atoms with Gasteiger partial charge in [-0.1, -0.05) is 19.4 Å². The third-order valence-electron chi connectivity index (χ3n) is 3.41. The van der Waals surface area contributed by atoms with Crippen molar-refractivity contribution in [2.45, 2.75) is 26.2 Å². The molecule has 0 fully saturated rings. The van der Waals surface area contributed by atoms with Gasteiger partial charge in [0.05, 0.1) is 12.5 Å². The Hall–Kier alpha value is -1.56. The number of hydrogen-bond donors (Lipinski definition) is 2. The molecular weight excluding hydrogens is 260 g/mol. The Morgan fingerprint density at radius 3 is 2.80 bits per heavy atom. The van der Waals surface area contributed by atoms with Gasteiger partial charge in [0.2, 0.25) is 0 Å². The lowest BCUT2D eigenvalue weighted by Gasteiger charge is -2.27. The number of aliphatic carboxylic acids is 1. The molecule has 1 heterocycles. The summed E-state index contributed by atoms with van der Waals surface area (Å²) >= 11 is 0. The first-order valence-electron chi connectivity index (χ1n) is 7.00. The summed E-state index contributed by atoms with van der Waals surface area (Å²) in [4.78, 5) is 24.6. The second-order valence-electron chi connectivity index (χ2n) is 5.00. The number of nitrogens with one attached hydrogen (secondary N) is 1. The van der Waals surface area contributed by atoms with Crippen LogP contribution in [0.1, 0.15) is 26.2 Å². The van der Waals surface area contributed by atoms with Crippen molar-refractivity contribution in [3.63, 3.8) is 0 Å². The molecule has 114 valence electrons. The maximum atomic E-state index is 12.0. The predicted octanol–water partition coefficient (Wildman–Crippen LogP) is 1.48. The van der Waals surface area contributed by atoms with Gasteiger partial charge in [-0.15, -0.1) is 0 Å².